The second kappa shape index (κ2) is 6.43. The smallest absolute Gasteiger partial charge is 0.240 e. The Morgan fingerprint density at radius 2 is 2.00 bits per heavy atom. The van der Waals surface area contributed by atoms with E-state index in [0.29, 0.717) is 0 Å². The number of hydrogen-bond donors (Lipinski definition) is 2. The minimum Gasteiger partial charge on any atom is -0.392 e. The summed E-state index contributed by atoms with van der Waals surface area (Å²) in [5, 5.41) is 9.06. The fraction of sp³-hybridized carbons (Fsp3) is 0.538. The van der Waals surface area contributed by atoms with Gasteiger partial charge in [-0.3, -0.25) is 0 Å². The van der Waals surface area contributed by atoms with E-state index in [2.05, 4.69) is 4.72 Å². The molecule has 0 bridgehead atoms. The van der Waals surface area contributed by atoms with Crippen LogP contribution in [-0.2, 0) is 16.6 Å². The number of rotatable bonds is 6. The molecule has 0 saturated heterocycles. The van der Waals surface area contributed by atoms with Crippen LogP contribution in [0.5, 0.6) is 0 Å². The molecule has 0 aliphatic heterocycles. The van der Waals surface area contributed by atoms with Crippen LogP contribution in [0.3, 0.4) is 0 Å². The van der Waals surface area contributed by atoms with E-state index < -0.39 is 22.4 Å². The van der Waals surface area contributed by atoms with Gasteiger partial charge in [-0.15, -0.1) is 0 Å². The highest BCUT2D eigenvalue weighted by Gasteiger charge is 2.24. The summed E-state index contributed by atoms with van der Waals surface area (Å²) in [6.07, 6.45) is 1.89. The highest BCUT2D eigenvalue weighted by Crippen LogP contribution is 2.23. The molecule has 0 aliphatic carbocycles. The van der Waals surface area contributed by atoms with Crippen LogP contribution in [0.25, 0.3) is 0 Å². The average Bonchev–Trinajstić information content (AvgIpc) is 2.39. The van der Waals surface area contributed by atoms with Crippen molar-refractivity contribution >= 4 is 21.8 Å². The van der Waals surface area contributed by atoms with Crippen LogP contribution in [0.2, 0.25) is 0 Å². The molecule has 0 aromatic heterocycles. The largest absolute Gasteiger partial charge is 0.392 e. The first-order valence-electron chi connectivity index (χ1n) is 6.07. The molecular formula is C13H20FNO3S2. The van der Waals surface area contributed by atoms with E-state index in [1.54, 1.807) is 0 Å². The van der Waals surface area contributed by atoms with Gasteiger partial charge in [0.25, 0.3) is 0 Å². The summed E-state index contributed by atoms with van der Waals surface area (Å²) in [5.74, 6) is -0.638. The third-order valence-corrected chi connectivity index (χ3v) is 5.85. The normalized spacial score (nSPS) is 12.7. The molecule has 0 atom stereocenters. The zero-order chi connectivity index (χ0) is 15.6. The lowest BCUT2D eigenvalue weighted by atomic mass is 10.1. The van der Waals surface area contributed by atoms with Crippen molar-refractivity contribution in [1.29, 1.82) is 0 Å². The van der Waals surface area contributed by atoms with Gasteiger partial charge in [-0.1, -0.05) is 0 Å². The molecule has 0 fully saturated rings. The van der Waals surface area contributed by atoms with Gasteiger partial charge in [0.05, 0.1) is 11.5 Å². The quantitative estimate of drug-likeness (QED) is 0.841. The number of benzene rings is 1. The van der Waals surface area contributed by atoms with Crippen LogP contribution < -0.4 is 4.72 Å². The van der Waals surface area contributed by atoms with Gasteiger partial charge in [0.15, 0.2) is 0 Å². The van der Waals surface area contributed by atoms with Crippen LogP contribution in [0.1, 0.15) is 25.0 Å². The maximum absolute atomic E-state index is 13.7. The van der Waals surface area contributed by atoms with E-state index in [1.807, 2.05) is 20.1 Å². The third kappa shape index (κ3) is 4.18. The molecule has 1 aromatic carbocycles. The van der Waals surface area contributed by atoms with Gasteiger partial charge < -0.3 is 5.11 Å². The van der Waals surface area contributed by atoms with Crippen LogP contribution in [0, 0.1) is 12.7 Å². The van der Waals surface area contributed by atoms with E-state index in [-0.39, 0.29) is 27.3 Å². The Hall–Kier alpha value is -0.630. The fourth-order valence-corrected chi connectivity index (χ4v) is 3.32. The molecule has 0 amide bonds. The SMILES string of the molecule is CSC(C)(C)CNS(=O)(=O)c1cc(CO)cc(F)c1C. The van der Waals surface area contributed by atoms with Gasteiger partial charge in [0.1, 0.15) is 5.82 Å². The van der Waals surface area contributed by atoms with Crippen molar-refractivity contribution in [2.24, 2.45) is 0 Å². The molecule has 4 nitrogen and oxygen atoms in total. The second-order valence-corrected chi connectivity index (χ2v) is 8.40. The number of halogens is 1. The number of nitrogens with one attached hydrogen (secondary N) is 1. The topological polar surface area (TPSA) is 66.4 Å². The Labute approximate surface area is 123 Å². The van der Waals surface area contributed by atoms with E-state index in [0.717, 1.165) is 6.07 Å². The molecule has 0 radical (unpaired) electrons. The summed E-state index contributed by atoms with van der Waals surface area (Å²) in [7, 11) is -3.80. The van der Waals surface area contributed by atoms with E-state index >= 15 is 0 Å². The Bertz CT molecular complexity index is 586. The molecule has 0 unspecified atom stereocenters. The summed E-state index contributed by atoms with van der Waals surface area (Å²) >= 11 is 1.54. The first-order chi connectivity index (χ1) is 9.13. The van der Waals surface area contributed by atoms with Crippen LogP contribution in [0.4, 0.5) is 4.39 Å². The lowest BCUT2D eigenvalue weighted by Crippen LogP contribution is -2.36. The Morgan fingerprint density at radius 3 is 2.50 bits per heavy atom. The molecule has 0 spiro atoms. The maximum atomic E-state index is 13.7. The minimum absolute atomic E-state index is 0.0525. The molecule has 0 heterocycles. The average molecular weight is 321 g/mol. The van der Waals surface area contributed by atoms with E-state index in [9.17, 15) is 12.8 Å². The summed E-state index contributed by atoms with van der Waals surface area (Å²) in [5.41, 5.74) is 0.286. The number of aliphatic hydroxyl groups excluding tert-OH is 1. The zero-order valence-corrected chi connectivity index (χ0v) is 13.7. The van der Waals surface area contributed by atoms with E-state index in [1.165, 1.54) is 24.8 Å². The lowest BCUT2D eigenvalue weighted by Gasteiger charge is -2.22. The standard InChI is InChI=1S/C13H20FNO3S2/c1-9-11(14)5-10(7-16)6-12(9)20(17,18)15-8-13(2,3)19-4/h5-6,15-16H,7-8H2,1-4H3. The number of hydrogen-bond acceptors (Lipinski definition) is 4. The number of thioether (sulfide) groups is 1. The molecule has 1 rings (SSSR count). The maximum Gasteiger partial charge on any atom is 0.240 e. The first-order valence-corrected chi connectivity index (χ1v) is 8.78. The highest BCUT2D eigenvalue weighted by atomic mass is 32.2. The van der Waals surface area contributed by atoms with Gasteiger partial charge in [-0.05, 0) is 44.7 Å². The van der Waals surface area contributed by atoms with Gasteiger partial charge in [-0.2, -0.15) is 11.8 Å². The van der Waals surface area contributed by atoms with Crippen molar-refractivity contribution in [3.63, 3.8) is 0 Å². The van der Waals surface area contributed by atoms with Crippen molar-refractivity contribution in [2.45, 2.75) is 37.0 Å². The van der Waals surface area contributed by atoms with Crippen LogP contribution >= 0.6 is 11.8 Å². The molecule has 0 aliphatic rings. The van der Waals surface area contributed by atoms with Crippen LogP contribution in [0.15, 0.2) is 17.0 Å². The van der Waals surface area contributed by atoms with Crippen molar-refractivity contribution in [2.75, 3.05) is 12.8 Å². The Kier molecular flexibility index (Phi) is 5.60. The number of aliphatic hydroxyl groups is 1. The first kappa shape index (κ1) is 17.4. The van der Waals surface area contributed by atoms with Crippen molar-refractivity contribution in [1.82, 2.24) is 4.72 Å². The van der Waals surface area contributed by atoms with Gasteiger partial charge in [0, 0.05) is 16.9 Å². The molecule has 0 saturated carbocycles. The van der Waals surface area contributed by atoms with Gasteiger partial charge in [0.2, 0.25) is 10.0 Å². The monoisotopic (exact) mass is 321 g/mol. The summed E-state index contributed by atoms with van der Waals surface area (Å²) in [6.45, 7) is 5.07. The number of sulfonamides is 1. The molecular weight excluding hydrogens is 301 g/mol. The second-order valence-electron chi connectivity index (χ2n) is 5.15. The zero-order valence-electron chi connectivity index (χ0n) is 12.0. The fourth-order valence-electron chi connectivity index (χ4n) is 1.50. The highest BCUT2D eigenvalue weighted by molar-refractivity contribution is 8.00. The Morgan fingerprint density at radius 1 is 1.40 bits per heavy atom. The summed E-state index contributed by atoms with van der Waals surface area (Å²) < 4.78 is 40.5. The van der Waals surface area contributed by atoms with Crippen molar-refractivity contribution < 1.29 is 17.9 Å². The molecule has 114 valence electrons. The molecule has 7 heteroatoms. The predicted octanol–water partition coefficient (Wildman–Crippen LogP) is 2.05. The third-order valence-electron chi connectivity index (χ3n) is 3.07. The van der Waals surface area contributed by atoms with E-state index in [4.69, 9.17) is 5.11 Å². The summed E-state index contributed by atoms with van der Waals surface area (Å²) in [4.78, 5) is -0.126. The van der Waals surface area contributed by atoms with Crippen LogP contribution in [-0.4, -0.2) is 31.1 Å². The van der Waals surface area contributed by atoms with Gasteiger partial charge in [-0.25, -0.2) is 17.5 Å². The summed E-state index contributed by atoms with van der Waals surface area (Å²) in [6, 6.07) is 2.44. The predicted molar refractivity (Wildman–Crippen MR) is 79.8 cm³/mol. The van der Waals surface area contributed by atoms with Gasteiger partial charge >= 0.3 is 0 Å². The Balaban J connectivity index is 3.13. The van der Waals surface area contributed by atoms with Crippen molar-refractivity contribution in [3.05, 3.63) is 29.1 Å². The molecule has 20 heavy (non-hydrogen) atoms. The lowest BCUT2D eigenvalue weighted by molar-refractivity contribution is 0.281. The van der Waals surface area contributed by atoms with Crippen molar-refractivity contribution in [3.8, 4) is 0 Å². The molecule has 2 N–H and O–H groups in total. The molecule has 1 aromatic rings. The minimum atomic E-state index is -3.80.